The molecule has 2 aliphatic heterocycles. The van der Waals surface area contributed by atoms with Gasteiger partial charge in [0, 0.05) is 29.8 Å². The van der Waals surface area contributed by atoms with Gasteiger partial charge in [0.25, 0.3) is 0 Å². The predicted molar refractivity (Wildman–Crippen MR) is 75.2 cm³/mol. The smallest absolute Gasteiger partial charge is 0.324 e. The third-order valence-electron chi connectivity index (χ3n) is 3.52. The van der Waals surface area contributed by atoms with E-state index in [1.54, 1.807) is 0 Å². The van der Waals surface area contributed by atoms with Crippen LogP contribution in [0.2, 0.25) is 0 Å². The van der Waals surface area contributed by atoms with Gasteiger partial charge >= 0.3 is 6.03 Å². The summed E-state index contributed by atoms with van der Waals surface area (Å²) in [5.41, 5.74) is 2.34. The molecule has 1 N–H and O–H groups in total. The molecular formula is C13H14BrN3O2. The van der Waals surface area contributed by atoms with Crippen LogP contribution in [0.4, 0.5) is 10.5 Å². The van der Waals surface area contributed by atoms with Crippen molar-refractivity contribution in [2.24, 2.45) is 0 Å². The zero-order valence-electron chi connectivity index (χ0n) is 10.4. The van der Waals surface area contributed by atoms with E-state index in [0.29, 0.717) is 13.1 Å². The Hall–Kier alpha value is -1.56. The molecule has 1 saturated heterocycles. The Kier molecular flexibility index (Phi) is 3.18. The lowest BCUT2D eigenvalue weighted by molar-refractivity contribution is -0.126. The predicted octanol–water partition coefficient (Wildman–Crippen LogP) is 1.36. The lowest BCUT2D eigenvalue weighted by Crippen LogP contribution is -2.41. The van der Waals surface area contributed by atoms with Crippen molar-refractivity contribution < 1.29 is 9.59 Å². The van der Waals surface area contributed by atoms with Crippen LogP contribution >= 0.6 is 15.9 Å². The number of rotatable bonds is 2. The molecule has 3 rings (SSSR count). The molecule has 1 fully saturated rings. The first-order valence-corrected chi connectivity index (χ1v) is 7.06. The molecule has 0 saturated carbocycles. The zero-order chi connectivity index (χ0) is 13.4. The number of benzene rings is 1. The second-order valence-corrected chi connectivity index (χ2v) is 5.64. The first-order chi connectivity index (χ1) is 9.15. The maximum Gasteiger partial charge on any atom is 0.324 e. The number of carbonyl (C=O) groups is 2. The second-order valence-electron chi connectivity index (χ2n) is 4.72. The standard InChI is InChI=1S/C13H14BrN3O2/c14-10-1-2-11-9(7-10)3-5-16(11)8-12(18)17-6-4-15-13(17)19/h1-2,7H,3-6,8H2,(H,15,19). The Labute approximate surface area is 119 Å². The summed E-state index contributed by atoms with van der Waals surface area (Å²) in [5.74, 6) is -0.134. The fraction of sp³-hybridized carbons (Fsp3) is 0.385. The van der Waals surface area contributed by atoms with Gasteiger partial charge in [0.15, 0.2) is 0 Å². The number of anilines is 1. The SMILES string of the molecule is O=C(CN1CCc2cc(Br)ccc21)N1CCNC1=O. The molecule has 2 heterocycles. The second kappa shape index (κ2) is 4.85. The molecule has 0 atom stereocenters. The van der Waals surface area contributed by atoms with Crippen molar-refractivity contribution >= 4 is 33.6 Å². The number of halogens is 1. The molecule has 0 radical (unpaired) electrons. The Balaban J connectivity index is 1.72. The monoisotopic (exact) mass is 323 g/mol. The third-order valence-corrected chi connectivity index (χ3v) is 4.01. The highest BCUT2D eigenvalue weighted by Gasteiger charge is 2.29. The van der Waals surface area contributed by atoms with E-state index in [1.165, 1.54) is 10.5 Å². The number of hydrogen-bond donors (Lipinski definition) is 1. The Morgan fingerprint density at radius 1 is 1.37 bits per heavy atom. The average molecular weight is 324 g/mol. The van der Waals surface area contributed by atoms with E-state index in [1.807, 2.05) is 17.0 Å². The first kappa shape index (κ1) is 12.5. The van der Waals surface area contributed by atoms with Crippen molar-refractivity contribution in [3.8, 4) is 0 Å². The summed E-state index contributed by atoms with van der Waals surface area (Å²) in [6.07, 6.45) is 0.939. The van der Waals surface area contributed by atoms with Crippen molar-refractivity contribution in [2.45, 2.75) is 6.42 Å². The number of nitrogens with one attached hydrogen (secondary N) is 1. The molecule has 0 spiro atoms. The lowest BCUT2D eigenvalue weighted by Gasteiger charge is -2.21. The van der Waals surface area contributed by atoms with E-state index < -0.39 is 0 Å². The van der Waals surface area contributed by atoms with Gasteiger partial charge in [-0.25, -0.2) is 4.79 Å². The molecule has 5 nitrogen and oxygen atoms in total. The molecule has 1 aromatic rings. The summed E-state index contributed by atoms with van der Waals surface area (Å²) in [7, 11) is 0. The van der Waals surface area contributed by atoms with E-state index in [-0.39, 0.29) is 18.5 Å². The van der Waals surface area contributed by atoms with Crippen molar-refractivity contribution in [3.05, 3.63) is 28.2 Å². The summed E-state index contributed by atoms with van der Waals surface area (Å²) < 4.78 is 1.05. The van der Waals surface area contributed by atoms with Gasteiger partial charge in [0.05, 0.1) is 6.54 Å². The van der Waals surface area contributed by atoms with E-state index in [0.717, 1.165) is 23.1 Å². The zero-order valence-corrected chi connectivity index (χ0v) is 11.9. The van der Waals surface area contributed by atoms with Crippen LogP contribution in [-0.2, 0) is 11.2 Å². The quantitative estimate of drug-likeness (QED) is 0.894. The van der Waals surface area contributed by atoms with E-state index >= 15 is 0 Å². The number of carbonyl (C=O) groups excluding carboxylic acids is 2. The fourth-order valence-electron chi connectivity index (χ4n) is 2.56. The molecule has 1 aromatic carbocycles. The molecular weight excluding hydrogens is 310 g/mol. The topological polar surface area (TPSA) is 52.7 Å². The number of fused-ring (bicyclic) bond motifs is 1. The number of amides is 3. The van der Waals surface area contributed by atoms with Crippen molar-refractivity contribution in [1.29, 1.82) is 0 Å². The highest BCUT2D eigenvalue weighted by molar-refractivity contribution is 9.10. The van der Waals surface area contributed by atoms with Gasteiger partial charge < -0.3 is 10.2 Å². The van der Waals surface area contributed by atoms with Crippen LogP contribution < -0.4 is 10.2 Å². The lowest BCUT2D eigenvalue weighted by atomic mass is 10.2. The molecule has 100 valence electrons. The van der Waals surface area contributed by atoms with Gasteiger partial charge in [0.2, 0.25) is 5.91 Å². The number of nitrogens with zero attached hydrogens (tertiary/aromatic N) is 2. The molecule has 0 aromatic heterocycles. The van der Waals surface area contributed by atoms with Crippen LogP contribution in [0.5, 0.6) is 0 Å². The van der Waals surface area contributed by atoms with Crippen molar-refractivity contribution in [1.82, 2.24) is 10.2 Å². The third kappa shape index (κ3) is 2.32. The van der Waals surface area contributed by atoms with Crippen molar-refractivity contribution in [2.75, 3.05) is 31.1 Å². The Bertz CT molecular complexity index is 547. The maximum absolute atomic E-state index is 12.1. The Morgan fingerprint density at radius 2 is 2.21 bits per heavy atom. The van der Waals surface area contributed by atoms with Crippen LogP contribution in [0, 0.1) is 0 Å². The molecule has 6 heteroatoms. The summed E-state index contributed by atoms with van der Waals surface area (Å²) in [6.45, 7) is 2.11. The fourth-order valence-corrected chi connectivity index (χ4v) is 2.97. The van der Waals surface area contributed by atoms with Crippen LogP contribution in [0.3, 0.4) is 0 Å². The van der Waals surface area contributed by atoms with Crippen LogP contribution in [-0.4, -0.2) is 43.0 Å². The van der Waals surface area contributed by atoms with Crippen LogP contribution in [0.1, 0.15) is 5.56 Å². The number of imide groups is 1. The van der Waals surface area contributed by atoms with E-state index in [2.05, 4.69) is 27.3 Å². The van der Waals surface area contributed by atoms with Gasteiger partial charge in [0.1, 0.15) is 0 Å². The van der Waals surface area contributed by atoms with Gasteiger partial charge in [-0.3, -0.25) is 9.69 Å². The summed E-state index contributed by atoms with van der Waals surface area (Å²) in [5, 5.41) is 2.64. The minimum Gasteiger partial charge on any atom is -0.362 e. The van der Waals surface area contributed by atoms with Crippen LogP contribution in [0.15, 0.2) is 22.7 Å². The molecule has 19 heavy (non-hydrogen) atoms. The molecule has 0 unspecified atom stereocenters. The van der Waals surface area contributed by atoms with Gasteiger partial charge in [-0.15, -0.1) is 0 Å². The highest BCUT2D eigenvalue weighted by Crippen LogP contribution is 2.30. The summed E-state index contributed by atoms with van der Waals surface area (Å²) in [6, 6.07) is 5.80. The van der Waals surface area contributed by atoms with Crippen molar-refractivity contribution in [3.63, 3.8) is 0 Å². The largest absolute Gasteiger partial charge is 0.362 e. The minimum atomic E-state index is -0.278. The van der Waals surface area contributed by atoms with Crippen LogP contribution in [0.25, 0.3) is 0 Å². The minimum absolute atomic E-state index is 0.134. The highest BCUT2D eigenvalue weighted by atomic mass is 79.9. The van der Waals surface area contributed by atoms with Gasteiger partial charge in [-0.1, -0.05) is 15.9 Å². The maximum atomic E-state index is 12.1. The molecule has 3 amide bonds. The van der Waals surface area contributed by atoms with E-state index in [4.69, 9.17) is 0 Å². The average Bonchev–Trinajstić information content (AvgIpc) is 2.96. The molecule has 0 bridgehead atoms. The summed E-state index contributed by atoms with van der Waals surface area (Å²) >= 11 is 3.45. The van der Waals surface area contributed by atoms with Gasteiger partial charge in [-0.05, 0) is 30.2 Å². The van der Waals surface area contributed by atoms with E-state index in [9.17, 15) is 9.59 Å². The molecule has 2 aliphatic rings. The Morgan fingerprint density at radius 3 is 2.95 bits per heavy atom. The normalized spacial score (nSPS) is 17.6. The first-order valence-electron chi connectivity index (χ1n) is 6.27. The number of urea groups is 1. The number of hydrogen-bond acceptors (Lipinski definition) is 3. The molecule has 0 aliphatic carbocycles. The summed E-state index contributed by atoms with van der Waals surface area (Å²) in [4.78, 5) is 26.9. The van der Waals surface area contributed by atoms with Gasteiger partial charge in [-0.2, -0.15) is 0 Å².